The quantitative estimate of drug-likeness (QED) is 0.869. The largest absolute Gasteiger partial charge is 0.486 e. The van der Waals surface area contributed by atoms with Gasteiger partial charge in [-0.15, -0.1) is 0 Å². The average molecular weight is 290 g/mol. The number of anilines is 1. The number of ether oxygens (including phenoxy) is 2. The maximum absolute atomic E-state index is 6.18. The van der Waals surface area contributed by atoms with Gasteiger partial charge in [0, 0.05) is 24.3 Å². The minimum atomic E-state index is 0.603. The first-order valence-corrected chi connectivity index (χ1v) is 8.01. The van der Waals surface area contributed by atoms with Crippen molar-refractivity contribution in [3.8, 4) is 11.5 Å². The molecule has 0 bridgehead atoms. The van der Waals surface area contributed by atoms with E-state index < -0.39 is 0 Å². The van der Waals surface area contributed by atoms with Crippen molar-refractivity contribution in [1.82, 2.24) is 4.90 Å². The standard InChI is InChI=1S/C17H26N2O2/c1-12-3-5-14(6-4-12)19(2)11-13-9-16-17(10-15(13)18)21-8-7-20-16/h9-10,12,14H,3-8,11,18H2,1-2H3. The number of hydrogen-bond acceptors (Lipinski definition) is 4. The number of nitrogens with two attached hydrogens (primary N) is 1. The van der Waals surface area contributed by atoms with Gasteiger partial charge < -0.3 is 15.2 Å². The van der Waals surface area contributed by atoms with Gasteiger partial charge in [0.2, 0.25) is 0 Å². The minimum Gasteiger partial charge on any atom is -0.486 e. The molecule has 0 atom stereocenters. The molecule has 4 nitrogen and oxygen atoms in total. The lowest BCUT2D eigenvalue weighted by atomic mass is 9.86. The first-order chi connectivity index (χ1) is 10.1. The lowest BCUT2D eigenvalue weighted by Gasteiger charge is -2.34. The van der Waals surface area contributed by atoms with Crippen molar-refractivity contribution in [3.63, 3.8) is 0 Å². The lowest BCUT2D eigenvalue weighted by Crippen LogP contribution is -2.34. The monoisotopic (exact) mass is 290 g/mol. The maximum Gasteiger partial charge on any atom is 0.163 e. The van der Waals surface area contributed by atoms with Crippen LogP contribution in [-0.2, 0) is 6.54 Å². The highest BCUT2D eigenvalue weighted by Crippen LogP contribution is 2.35. The Labute approximate surface area is 127 Å². The summed E-state index contributed by atoms with van der Waals surface area (Å²) in [4.78, 5) is 2.44. The molecule has 1 heterocycles. The summed E-state index contributed by atoms with van der Waals surface area (Å²) in [6.45, 7) is 4.45. The maximum atomic E-state index is 6.18. The third kappa shape index (κ3) is 3.26. The molecule has 3 rings (SSSR count). The minimum absolute atomic E-state index is 0.603. The molecule has 1 aromatic carbocycles. The van der Waals surface area contributed by atoms with Gasteiger partial charge in [-0.25, -0.2) is 0 Å². The molecule has 0 amide bonds. The Kier molecular flexibility index (Phi) is 4.24. The van der Waals surface area contributed by atoms with Crippen molar-refractivity contribution in [3.05, 3.63) is 17.7 Å². The fourth-order valence-electron chi connectivity index (χ4n) is 3.36. The van der Waals surface area contributed by atoms with Crippen LogP contribution >= 0.6 is 0 Å². The van der Waals surface area contributed by atoms with E-state index >= 15 is 0 Å². The van der Waals surface area contributed by atoms with E-state index in [0.29, 0.717) is 19.3 Å². The third-order valence-electron chi connectivity index (χ3n) is 4.83. The van der Waals surface area contributed by atoms with Crippen LogP contribution in [0, 0.1) is 5.92 Å². The van der Waals surface area contributed by atoms with Gasteiger partial charge in [-0.2, -0.15) is 0 Å². The van der Waals surface area contributed by atoms with Crippen LogP contribution in [0.25, 0.3) is 0 Å². The molecule has 1 aromatic rings. The summed E-state index contributed by atoms with van der Waals surface area (Å²) in [7, 11) is 2.21. The van der Waals surface area contributed by atoms with Gasteiger partial charge in [-0.05, 0) is 50.3 Å². The van der Waals surface area contributed by atoms with Gasteiger partial charge in [-0.3, -0.25) is 4.90 Å². The van der Waals surface area contributed by atoms with Crippen LogP contribution in [0.2, 0.25) is 0 Å². The molecule has 0 aromatic heterocycles. The molecule has 1 fully saturated rings. The van der Waals surface area contributed by atoms with E-state index in [9.17, 15) is 0 Å². The van der Waals surface area contributed by atoms with E-state index in [0.717, 1.165) is 35.2 Å². The van der Waals surface area contributed by atoms with E-state index in [1.807, 2.05) is 12.1 Å². The summed E-state index contributed by atoms with van der Waals surface area (Å²) < 4.78 is 11.2. The molecule has 2 N–H and O–H groups in total. The fourth-order valence-corrected chi connectivity index (χ4v) is 3.36. The number of rotatable bonds is 3. The van der Waals surface area contributed by atoms with Crippen molar-refractivity contribution < 1.29 is 9.47 Å². The van der Waals surface area contributed by atoms with Crippen LogP contribution in [0.1, 0.15) is 38.2 Å². The smallest absolute Gasteiger partial charge is 0.163 e. The zero-order valence-corrected chi connectivity index (χ0v) is 13.1. The second-order valence-corrected chi connectivity index (χ2v) is 6.52. The number of hydrogen-bond donors (Lipinski definition) is 1. The van der Waals surface area contributed by atoms with Crippen LogP contribution < -0.4 is 15.2 Å². The molecular weight excluding hydrogens is 264 g/mol. The molecule has 1 saturated carbocycles. The summed E-state index contributed by atoms with van der Waals surface area (Å²) in [6, 6.07) is 4.63. The predicted octanol–water partition coefficient (Wildman–Crippen LogP) is 3.05. The van der Waals surface area contributed by atoms with Crippen molar-refractivity contribution >= 4 is 5.69 Å². The zero-order valence-electron chi connectivity index (χ0n) is 13.1. The van der Waals surface area contributed by atoms with E-state index in [2.05, 4.69) is 18.9 Å². The number of nitrogens with zero attached hydrogens (tertiary/aromatic N) is 1. The van der Waals surface area contributed by atoms with Gasteiger partial charge in [-0.1, -0.05) is 6.92 Å². The molecule has 4 heteroatoms. The SMILES string of the molecule is CC1CCC(N(C)Cc2cc3c(cc2N)OCCO3)CC1. The summed E-state index contributed by atoms with van der Waals surface area (Å²) >= 11 is 0. The topological polar surface area (TPSA) is 47.7 Å². The van der Waals surface area contributed by atoms with Crippen molar-refractivity contribution in [1.29, 1.82) is 0 Å². The predicted molar refractivity (Wildman–Crippen MR) is 84.7 cm³/mol. The Morgan fingerprint density at radius 2 is 1.71 bits per heavy atom. The van der Waals surface area contributed by atoms with Gasteiger partial charge in [0.25, 0.3) is 0 Å². The number of benzene rings is 1. The van der Waals surface area contributed by atoms with Crippen LogP contribution in [0.5, 0.6) is 11.5 Å². The molecular formula is C17H26N2O2. The Bertz CT molecular complexity index is 496. The Morgan fingerprint density at radius 1 is 1.10 bits per heavy atom. The van der Waals surface area contributed by atoms with E-state index in [1.165, 1.54) is 25.7 Å². The first-order valence-electron chi connectivity index (χ1n) is 8.01. The molecule has 0 radical (unpaired) electrons. The van der Waals surface area contributed by atoms with Crippen molar-refractivity contribution in [2.24, 2.45) is 5.92 Å². The van der Waals surface area contributed by atoms with Crippen molar-refractivity contribution in [2.75, 3.05) is 26.0 Å². The summed E-state index contributed by atoms with van der Waals surface area (Å²) in [6.07, 6.45) is 5.27. The highest BCUT2D eigenvalue weighted by Gasteiger charge is 2.23. The molecule has 116 valence electrons. The molecule has 0 spiro atoms. The van der Waals surface area contributed by atoms with Gasteiger partial charge in [0.1, 0.15) is 13.2 Å². The van der Waals surface area contributed by atoms with Crippen LogP contribution in [-0.4, -0.2) is 31.2 Å². The van der Waals surface area contributed by atoms with Crippen molar-refractivity contribution in [2.45, 2.75) is 45.2 Å². The molecule has 1 aliphatic carbocycles. The summed E-state index contributed by atoms with van der Waals surface area (Å²) in [5, 5.41) is 0. The molecule has 1 aliphatic heterocycles. The molecule has 0 saturated heterocycles. The molecule has 2 aliphatic rings. The Hall–Kier alpha value is -1.42. The lowest BCUT2D eigenvalue weighted by molar-refractivity contribution is 0.161. The van der Waals surface area contributed by atoms with Crippen LogP contribution in [0.15, 0.2) is 12.1 Å². The Morgan fingerprint density at radius 3 is 2.38 bits per heavy atom. The second kappa shape index (κ2) is 6.14. The van der Waals surface area contributed by atoms with Crippen LogP contribution in [0.4, 0.5) is 5.69 Å². The van der Waals surface area contributed by atoms with Gasteiger partial charge in [0.15, 0.2) is 11.5 Å². The second-order valence-electron chi connectivity index (χ2n) is 6.52. The normalized spacial score (nSPS) is 25.1. The van der Waals surface area contributed by atoms with Gasteiger partial charge >= 0.3 is 0 Å². The highest BCUT2D eigenvalue weighted by atomic mass is 16.6. The third-order valence-corrected chi connectivity index (χ3v) is 4.83. The molecule has 0 unspecified atom stereocenters. The highest BCUT2D eigenvalue weighted by molar-refractivity contribution is 5.58. The first kappa shape index (κ1) is 14.5. The number of fused-ring (bicyclic) bond motifs is 1. The zero-order chi connectivity index (χ0) is 14.8. The molecule has 21 heavy (non-hydrogen) atoms. The van der Waals surface area contributed by atoms with Gasteiger partial charge in [0.05, 0.1) is 0 Å². The summed E-state index contributed by atoms with van der Waals surface area (Å²) in [5.74, 6) is 2.49. The van der Waals surface area contributed by atoms with E-state index in [-0.39, 0.29) is 0 Å². The fraction of sp³-hybridized carbons (Fsp3) is 0.647. The Balaban J connectivity index is 1.69. The van der Waals surface area contributed by atoms with E-state index in [4.69, 9.17) is 15.2 Å². The van der Waals surface area contributed by atoms with E-state index in [1.54, 1.807) is 0 Å². The summed E-state index contributed by atoms with van der Waals surface area (Å²) in [5.41, 5.74) is 8.12. The number of nitrogen functional groups attached to an aromatic ring is 1. The average Bonchev–Trinajstić information content (AvgIpc) is 2.48. The van der Waals surface area contributed by atoms with Crippen LogP contribution in [0.3, 0.4) is 0 Å².